The third-order valence-electron chi connectivity index (χ3n) is 0.243. The van der Waals surface area contributed by atoms with E-state index in [1.807, 2.05) is 0 Å². The molecule has 0 amide bonds. The molecule has 0 radical (unpaired) electrons. The van der Waals surface area contributed by atoms with Crippen LogP contribution in [0.4, 0.5) is 13.2 Å². The van der Waals surface area contributed by atoms with Gasteiger partial charge in [-0.2, -0.15) is 13.2 Å². The van der Waals surface area contributed by atoms with Crippen LogP contribution in [-0.4, -0.2) is 39.6 Å². The monoisotopic (exact) mass is 216 g/mol. The Hall–Kier alpha value is 0.841. The zero-order chi connectivity index (χ0) is 9.65. The molecule has 68 valence electrons. The number of aliphatic carboxylic acids is 1. The van der Waals surface area contributed by atoms with Gasteiger partial charge in [0.25, 0.3) is 0 Å². The zero-order valence-electron chi connectivity index (χ0n) is 6.91. The summed E-state index contributed by atoms with van der Waals surface area (Å²) in [5, 5.41) is 28.6. The van der Waals surface area contributed by atoms with Crippen molar-refractivity contribution in [3.63, 3.8) is 0 Å². The van der Waals surface area contributed by atoms with Crippen LogP contribution in [0.2, 0.25) is 0 Å². The maximum absolute atomic E-state index is 10.6. The van der Waals surface area contributed by atoms with Gasteiger partial charge in [0.1, 0.15) is 0 Å². The van der Waals surface area contributed by atoms with Crippen molar-refractivity contribution in [2.75, 3.05) is 0 Å². The van der Waals surface area contributed by atoms with Crippen LogP contribution in [-0.2, 0) is 4.79 Å². The Morgan fingerprint density at radius 2 is 1.33 bits per heavy atom. The van der Waals surface area contributed by atoms with E-state index in [1.165, 1.54) is 0 Å². The number of carbonyl (C=O) groups is 1. The largest absolute Gasteiger partial charge is 1.00 e. The third-order valence-corrected chi connectivity index (χ3v) is 0.243. The maximum Gasteiger partial charge on any atom is 1.00 e. The Bertz CT molecular complexity index is 129. The Morgan fingerprint density at radius 1 is 1.25 bits per heavy atom. The third kappa shape index (κ3) is 22.4. The fourth-order valence-electron chi connectivity index (χ4n) is 0. The van der Waals surface area contributed by atoms with Gasteiger partial charge in [-0.05, 0) is 0 Å². The molecule has 4 N–H and O–H groups in total. The molecule has 0 aromatic heterocycles. The Labute approximate surface area is 109 Å². The molecule has 0 fully saturated rings. The van der Waals surface area contributed by atoms with Gasteiger partial charge in [-0.15, -0.1) is 0 Å². The van der Waals surface area contributed by atoms with Gasteiger partial charge in [-0.3, -0.25) is 0 Å². The molecular weight excluding hydrogens is 211 g/mol. The van der Waals surface area contributed by atoms with Crippen molar-refractivity contribution in [2.45, 2.75) is 6.18 Å². The van der Waals surface area contributed by atoms with Gasteiger partial charge in [-0.1, -0.05) is 0 Å². The van der Waals surface area contributed by atoms with E-state index in [0.717, 1.165) is 0 Å². The number of halogens is 3. The number of alkyl halides is 3. The van der Waals surface area contributed by atoms with E-state index in [-0.39, 0.29) is 52.8 Å². The first-order valence-electron chi connectivity index (χ1n) is 2.02. The molecule has 0 bridgehead atoms. The first kappa shape index (κ1) is 18.6. The van der Waals surface area contributed by atoms with Crippen LogP contribution in [0.15, 0.2) is 0 Å². The van der Waals surface area contributed by atoms with Crippen molar-refractivity contribution in [1.29, 1.82) is 0 Å². The molecule has 0 atom stereocenters. The second kappa shape index (κ2) is 8.44. The summed E-state index contributed by atoms with van der Waals surface area (Å²) >= 11 is 0. The molecule has 5 nitrogen and oxygen atoms in total. The smallest absolute Gasteiger partial charge is 1.00 e. The van der Waals surface area contributed by atoms with E-state index in [1.54, 1.807) is 0 Å². The van der Waals surface area contributed by atoms with Gasteiger partial charge in [0, 0.05) is 0 Å². The quantitative estimate of drug-likeness (QED) is 0.307. The van der Waals surface area contributed by atoms with Crippen LogP contribution in [0.3, 0.4) is 0 Å². The van der Waals surface area contributed by atoms with Crippen molar-refractivity contribution in [3.05, 3.63) is 0 Å². The summed E-state index contributed by atoms with van der Waals surface area (Å²) in [5.41, 5.74) is 0. The van der Waals surface area contributed by atoms with Crippen molar-refractivity contribution in [2.24, 2.45) is 0 Å². The van der Waals surface area contributed by atoms with Crippen molar-refractivity contribution >= 4 is 13.3 Å². The molecule has 0 rings (SSSR count). The van der Waals surface area contributed by atoms with E-state index in [0.29, 0.717) is 0 Å². The average Bonchev–Trinajstić information content (AvgIpc) is 1.59. The van der Waals surface area contributed by atoms with Gasteiger partial charge in [0.05, 0.1) is 0 Å². The summed E-state index contributed by atoms with van der Waals surface area (Å²) in [6.45, 7) is 0. The molecule has 0 heterocycles. The standard InChI is InChI=1S/C2HF3O2.BH3O3.K.H/c3-2(4,5)1(6)7;2-1(3)4;;/h(H,6,7);2-4H;;/q;;+1;-1. The zero-order valence-corrected chi connectivity index (χ0v) is 9.03. The molecule has 12 heavy (non-hydrogen) atoms. The summed E-state index contributed by atoms with van der Waals surface area (Å²) in [5.74, 6) is -2.76. The average molecular weight is 216 g/mol. The van der Waals surface area contributed by atoms with Crippen molar-refractivity contribution in [3.8, 4) is 0 Å². The molecule has 0 aliphatic heterocycles. The molecule has 0 unspecified atom stereocenters. The van der Waals surface area contributed by atoms with E-state index in [2.05, 4.69) is 0 Å². The number of carboxylic acid groups (broad SMARTS) is 1. The van der Waals surface area contributed by atoms with Gasteiger partial charge >= 0.3 is 70.9 Å². The Kier molecular flexibility index (Phi) is 13.1. The molecule has 0 aromatic carbocycles. The van der Waals surface area contributed by atoms with Gasteiger partial charge < -0.3 is 21.6 Å². The van der Waals surface area contributed by atoms with Crippen LogP contribution in [0.5, 0.6) is 0 Å². The van der Waals surface area contributed by atoms with Crippen molar-refractivity contribution in [1.82, 2.24) is 0 Å². The summed E-state index contributed by atoms with van der Waals surface area (Å²) in [4.78, 5) is 8.90. The number of rotatable bonds is 0. The minimum absolute atomic E-state index is 0. The molecule has 0 saturated carbocycles. The SMILES string of the molecule is O=C(O)C(F)(F)F.OB(O)O.[H-].[K+]. The fourth-order valence-corrected chi connectivity index (χ4v) is 0. The molecule has 0 aliphatic carbocycles. The van der Waals surface area contributed by atoms with Crippen LogP contribution in [0.1, 0.15) is 1.43 Å². The first-order chi connectivity index (χ1) is 4.68. The molecule has 0 aromatic rings. The predicted molar refractivity (Wildman–Crippen MR) is 27.2 cm³/mol. The Balaban J connectivity index is -0.0000000600. The molecule has 0 spiro atoms. The Morgan fingerprint density at radius 3 is 1.33 bits per heavy atom. The topological polar surface area (TPSA) is 98.0 Å². The molecule has 0 aliphatic rings. The summed E-state index contributed by atoms with van der Waals surface area (Å²) < 4.78 is 31.7. The maximum atomic E-state index is 10.6. The van der Waals surface area contributed by atoms with Crippen LogP contribution >= 0.6 is 0 Å². The predicted octanol–water partition coefficient (Wildman–Crippen LogP) is -4.30. The van der Waals surface area contributed by atoms with Gasteiger partial charge in [0.15, 0.2) is 0 Å². The van der Waals surface area contributed by atoms with Crippen LogP contribution < -0.4 is 51.4 Å². The summed E-state index contributed by atoms with van der Waals surface area (Å²) in [6.07, 6.45) is -5.08. The number of hydrogen-bond donors (Lipinski definition) is 4. The molecule has 10 heteroatoms. The van der Waals surface area contributed by atoms with Gasteiger partial charge in [0.2, 0.25) is 0 Å². The van der Waals surface area contributed by atoms with Crippen LogP contribution in [0, 0.1) is 0 Å². The van der Waals surface area contributed by atoms with Gasteiger partial charge in [-0.25, -0.2) is 4.79 Å². The van der Waals surface area contributed by atoms with E-state index >= 15 is 0 Å². The van der Waals surface area contributed by atoms with E-state index in [4.69, 9.17) is 25.0 Å². The summed E-state index contributed by atoms with van der Waals surface area (Å²) in [7, 11) is -2.17. The number of hydrogen-bond acceptors (Lipinski definition) is 4. The second-order valence-corrected chi connectivity index (χ2v) is 1.15. The van der Waals surface area contributed by atoms with Crippen LogP contribution in [0.25, 0.3) is 0 Å². The normalized spacial score (nSPS) is 8.83. The molecular formula is C2H5BF3KO5. The summed E-state index contributed by atoms with van der Waals surface area (Å²) in [6, 6.07) is 0. The minimum Gasteiger partial charge on any atom is -1.00 e. The number of carboxylic acids is 1. The van der Waals surface area contributed by atoms with E-state index < -0.39 is 19.5 Å². The minimum atomic E-state index is -5.08. The second-order valence-electron chi connectivity index (χ2n) is 1.15. The fraction of sp³-hybridized carbons (Fsp3) is 0.500. The molecule has 0 saturated heterocycles. The van der Waals surface area contributed by atoms with E-state index in [9.17, 15) is 13.2 Å². The first-order valence-corrected chi connectivity index (χ1v) is 2.02. The van der Waals surface area contributed by atoms with Crippen molar-refractivity contribution < 1.29 is 91.0 Å².